The Morgan fingerprint density at radius 2 is 1.75 bits per heavy atom. The van der Waals surface area contributed by atoms with Crippen molar-refractivity contribution in [3.05, 3.63) is 11.3 Å². The SMILES string of the molecule is CC=C(CCCCC)[Si](C)(C)C. The van der Waals surface area contributed by atoms with Gasteiger partial charge in [0.15, 0.2) is 0 Å². The summed E-state index contributed by atoms with van der Waals surface area (Å²) in [5.74, 6) is 0. The first-order chi connectivity index (χ1) is 5.52. The molecule has 0 aromatic carbocycles. The van der Waals surface area contributed by atoms with Crippen molar-refractivity contribution in [1.82, 2.24) is 0 Å². The topological polar surface area (TPSA) is 0 Å². The molecule has 0 bridgehead atoms. The first-order valence-electron chi connectivity index (χ1n) is 5.18. The predicted octanol–water partition coefficient (Wildman–Crippen LogP) is 4.39. The van der Waals surface area contributed by atoms with Crippen LogP contribution in [-0.4, -0.2) is 8.07 Å². The molecule has 0 aliphatic rings. The summed E-state index contributed by atoms with van der Waals surface area (Å²) in [5.41, 5.74) is 0. The van der Waals surface area contributed by atoms with Crippen LogP contribution in [0.1, 0.15) is 39.5 Å². The van der Waals surface area contributed by atoms with Gasteiger partial charge in [0.25, 0.3) is 0 Å². The van der Waals surface area contributed by atoms with Gasteiger partial charge >= 0.3 is 0 Å². The fourth-order valence-electron chi connectivity index (χ4n) is 1.52. The lowest BCUT2D eigenvalue weighted by molar-refractivity contribution is 0.722. The van der Waals surface area contributed by atoms with E-state index in [1.807, 2.05) is 0 Å². The average molecular weight is 184 g/mol. The van der Waals surface area contributed by atoms with E-state index in [1.165, 1.54) is 25.7 Å². The van der Waals surface area contributed by atoms with E-state index >= 15 is 0 Å². The Balaban J connectivity index is 3.87. The lowest BCUT2D eigenvalue weighted by Gasteiger charge is -2.20. The normalized spacial score (nSPS) is 13.6. The van der Waals surface area contributed by atoms with E-state index in [9.17, 15) is 0 Å². The number of hydrogen-bond acceptors (Lipinski definition) is 0. The lowest BCUT2D eigenvalue weighted by atomic mass is 10.2. The molecule has 0 atom stereocenters. The van der Waals surface area contributed by atoms with Gasteiger partial charge in [-0.05, 0) is 19.8 Å². The van der Waals surface area contributed by atoms with Gasteiger partial charge in [-0.2, -0.15) is 0 Å². The van der Waals surface area contributed by atoms with E-state index in [2.05, 4.69) is 39.6 Å². The molecule has 0 heterocycles. The van der Waals surface area contributed by atoms with Crippen LogP contribution in [0.25, 0.3) is 0 Å². The molecule has 0 unspecified atom stereocenters. The Kier molecular flexibility index (Phi) is 5.56. The minimum absolute atomic E-state index is 0.976. The molecule has 0 radical (unpaired) electrons. The highest BCUT2D eigenvalue weighted by Crippen LogP contribution is 2.20. The Morgan fingerprint density at radius 3 is 2.08 bits per heavy atom. The first kappa shape index (κ1) is 12.0. The zero-order valence-electron chi connectivity index (χ0n) is 9.41. The number of hydrogen-bond donors (Lipinski definition) is 0. The van der Waals surface area contributed by atoms with Gasteiger partial charge in [0.2, 0.25) is 0 Å². The number of allylic oxidation sites excluding steroid dienone is 2. The maximum Gasteiger partial charge on any atom is 0.0720 e. The molecule has 12 heavy (non-hydrogen) atoms. The molecule has 0 N–H and O–H groups in total. The van der Waals surface area contributed by atoms with E-state index in [4.69, 9.17) is 0 Å². The minimum atomic E-state index is -0.976. The predicted molar refractivity (Wildman–Crippen MR) is 61.2 cm³/mol. The summed E-state index contributed by atoms with van der Waals surface area (Å²) in [4.78, 5) is 0. The van der Waals surface area contributed by atoms with Crippen LogP contribution in [0.4, 0.5) is 0 Å². The maximum absolute atomic E-state index is 2.44. The van der Waals surface area contributed by atoms with Crippen LogP contribution in [-0.2, 0) is 0 Å². The molecule has 0 aromatic heterocycles. The number of rotatable bonds is 5. The monoisotopic (exact) mass is 184 g/mol. The van der Waals surface area contributed by atoms with Gasteiger partial charge in [0, 0.05) is 0 Å². The molecule has 1 heteroatoms. The van der Waals surface area contributed by atoms with Gasteiger partial charge in [-0.1, -0.05) is 50.7 Å². The first-order valence-corrected chi connectivity index (χ1v) is 8.68. The third kappa shape index (κ3) is 4.76. The van der Waals surface area contributed by atoms with Crippen molar-refractivity contribution in [1.29, 1.82) is 0 Å². The third-order valence-corrected chi connectivity index (χ3v) is 4.83. The summed E-state index contributed by atoms with van der Waals surface area (Å²) < 4.78 is 0. The van der Waals surface area contributed by atoms with Gasteiger partial charge in [0.1, 0.15) is 0 Å². The summed E-state index contributed by atoms with van der Waals surface area (Å²) in [7, 11) is -0.976. The second-order valence-corrected chi connectivity index (χ2v) is 9.66. The summed E-state index contributed by atoms with van der Waals surface area (Å²) in [6.07, 6.45) is 7.81. The average Bonchev–Trinajstić information content (AvgIpc) is 1.95. The lowest BCUT2D eigenvalue weighted by Crippen LogP contribution is -2.23. The standard InChI is InChI=1S/C11H24Si/c1-6-8-9-10-11(7-2)12(3,4)5/h7H,6,8-10H2,1-5H3. The molecular weight excluding hydrogens is 160 g/mol. The van der Waals surface area contributed by atoms with Gasteiger partial charge < -0.3 is 0 Å². The Bertz CT molecular complexity index is 140. The second-order valence-electron chi connectivity index (χ2n) is 4.52. The molecule has 72 valence electrons. The molecule has 0 fully saturated rings. The van der Waals surface area contributed by atoms with Crippen LogP contribution in [0, 0.1) is 0 Å². The van der Waals surface area contributed by atoms with Gasteiger partial charge in [-0.15, -0.1) is 0 Å². The highest BCUT2D eigenvalue weighted by Gasteiger charge is 2.17. The van der Waals surface area contributed by atoms with Gasteiger partial charge in [0.05, 0.1) is 8.07 Å². The molecule has 0 aromatic rings. The summed E-state index contributed by atoms with van der Waals surface area (Å²) in [6, 6.07) is 0. The van der Waals surface area contributed by atoms with Crippen molar-refractivity contribution in [2.75, 3.05) is 0 Å². The highest BCUT2D eigenvalue weighted by atomic mass is 28.3. The summed E-state index contributed by atoms with van der Waals surface area (Å²) in [5, 5.41) is 1.75. The van der Waals surface area contributed by atoms with Crippen LogP contribution in [0.2, 0.25) is 19.6 Å². The molecule has 0 rings (SSSR count). The molecule has 0 spiro atoms. The molecular formula is C11H24Si. The van der Waals surface area contributed by atoms with Crippen LogP contribution in [0.3, 0.4) is 0 Å². The van der Waals surface area contributed by atoms with Gasteiger partial charge in [-0.3, -0.25) is 0 Å². The molecule has 0 amide bonds. The molecule has 0 aliphatic heterocycles. The fraction of sp³-hybridized carbons (Fsp3) is 0.818. The van der Waals surface area contributed by atoms with E-state index < -0.39 is 8.07 Å². The quantitative estimate of drug-likeness (QED) is 0.439. The fourth-order valence-corrected chi connectivity index (χ4v) is 3.31. The molecule has 0 aliphatic carbocycles. The van der Waals surface area contributed by atoms with Crippen molar-refractivity contribution >= 4 is 8.07 Å². The van der Waals surface area contributed by atoms with Crippen LogP contribution in [0.15, 0.2) is 11.3 Å². The molecule has 0 nitrogen and oxygen atoms in total. The van der Waals surface area contributed by atoms with Crippen molar-refractivity contribution in [2.45, 2.75) is 59.2 Å². The summed E-state index contributed by atoms with van der Waals surface area (Å²) in [6.45, 7) is 11.8. The zero-order chi connectivity index (χ0) is 9.61. The Labute approximate surface area is 79.1 Å². The number of unbranched alkanes of at least 4 members (excludes halogenated alkanes) is 2. The van der Waals surface area contributed by atoms with E-state index in [0.29, 0.717) is 0 Å². The minimum Gasteiger partial charge on any atom is -0.0923 e. The molecule has 0 saturated carbocycles. The highest BCUT2D eigenvalue weighted by molar-refractivity contribution is 6.83. The van der Waals surface area contributed by atoms with Crippen molar-refractivity contribution in [2.24, 2.45) is 0 Å². The smallest absolute Gasteiger partial charge is 0.0720 e. The zero-order valence-corrected chi connectivity index (χ0v) is 10.4. The van der Waals surface area contributed by atoms with Crippen LogP contribution >= 0.6 is 0 Å². The second kappa shape index (κ2) is 5.58. The van der Waals surface area contributed by atoms with Gasteiger partial charge in [-0.25, -0.2) is 0 Å². The largest absolute Gasteiger partial charge is 0.0923 e. The van der Waals surface area contributed by atoms with Crippen molar-refractivity contribution in [3.63, 3.8) is 0 Å². The van der Waals surface area contributed by atoms with Crippen LogP contribution < -0.4 is 0 Å². The van der Waals surface area contributed by atoms with E-state index in [-0.39, 0.29) is 0 Å². The van der Waals surface area contributed by atoms with Crippen molar-refractivity contribution in [3.8, 4) is 0 Å². The van der Waals surface area contributed by atoms with E-state index in [1.54, 1.807) is 5.20 Å². The van der Waals surface area contributed by atoms with E-state index in [0.717, 1.165) is 0 Å². The Morgan fingerprint density at radius 1 is 1.17 bits per heavy atom. The van der Waals surface area contributed by atoms with Crippen LogP contribution in [0.5, 0.6) is 0 Å². The third-order valence-electron chi connectivity index (χ3n) is 2.36. The maximum atomic E-state index is 2.44. The summed E-state index contributed by atoms with van der Waals surface area (Å²) >= 11 is 0. The Hall–Kier alpha value is -0.0431. The molecule has 0 saturated heterocycles. The van der Waals surface area contributed by atoms with Crippen molar-refractivity contribution < 1.29 is 0 Å².